The molecular formula is C14H29N3O2. The first kappa shape index (κ1) is 16.4. The molecular weight excluding hydrogens is 242 g/mol. The Morgan fingerprint density at radius 2 is 1.95 bits per heavy atom. The molecule has 5 heteroatoms. The van der Waals surface area contributed by atoms with Crippen molar-refractivity contribution in [2.45, 2.75) is 44.7 Å². The van der Waals surface area contributed by atoms with Gasteiger partial charge in [-0.3, -0.25) is 4.79 Å². The third-order valence-electron chi connectivity index (χ3n) is 3.51. The Hall–Kier alpha value is -0.650. The van der Waals surface area contributed by atoms with Crippen LogP contribution in [0.2, 0.25) is 0 Å². The molecule has 3 N–H and O–H groups in total. The lowest BCUT2D eigenvalue weighted by Crippen LogP contribution is -2.59. The zero-order chi connectivity index (χ0) is 14.5. The number of ether oxygens (including phenoxy) is 1. The van der Waals surface area contributed by atoms with Crippen molar-refractivity contribution in [1.82, 2.24) is 10.2 Å². The summed E-state index contributed by atoms with van der Waals surface area (Å²) in [6, 6.07) is 0.158. The third-order valence-corrected chi connectivity index (χ3v) is 3.51. The van der Waals surface area contributed by atoms with E-state index in [-0.39, 0.29) is 11.9 Å². The highest BCUT2D eigenvalue weighted by Gasteiger charge is 2.36. The second kappa shape index (κ2) is 7.22. The molecule has 0 bridgehead atoms. The Morgan fingerprint density at radius 1 is 1.37 bits per heavy atom. The van der Waals surface area contributed by atoms with E-state index in [4.69, 9.17) is 10.5 Å². The predicted octanol–water partition coefficient (Wildman–Crippen LogP) is 0.587. The number of carbonyl (C=O) groups is 1. The molecule has 1 fully saturated rings. The predicted molar refractivity (Wildman–Crippen MR) is 76.9 cm³/mol. The molecule has 0 aromatic rings. The summed E-state index contributed by atoms with van der Waals surface area (Å²) >= 11 is 0. The topological polar surface area (TPSA) is 67.6 Å². The number of likely N-dealkylation sites (N-methyl/N-ethyl adjacent to an activating group) is 1. The summed E-state index contributed by atoms with van der Waals surface area (Å²) < 4.78 is 5.28. The van der Waals surface area contributed by atoms with E-state index >= 15 is 0 Å². The van der Waals surface area contributed by atoms with Crippen molar-refractivity contribution in [1.29, 1.82) is 0 Å². The van der Waals surface area contributed by atoms with Gasteiger partial charge < -0.3 is 20.7 Å². The normalized spacial score (nSPS) is 20.6. The molecule has 1 aliphatic heterocycles. The van der Waals surface area contributed by atoms with E-state index in [1.165, 1.54) is 0 Å². The van der Waals surface area contributed by atoms with Crippen LogP contribution in [0.15, 0.2) is 0 Å². The Bertz CT molecular complexity index is 276. The van der Waals surface area contributed by atoms with E-state index in [1.54, 1.807) is 0 Å². The van der Waals surface area contributed by atoms with Crippen molar-refractivity contribution in [2.24, 2.45) is 11.7 Å². The van der Waals surface area contributed by atoms with Gasteiger partial charge in [0.1, 0.15) is 0 Å². The summed E-state index contributed by atoms with van der Waals surface area (Å²) in [5.41, 5.74) is 5.46. The zero-order valence-electron chi connectivity index (χ0n) is 12.7. The molecule has 0 aromatic heterocycles. The number of rotatable bonds is 6. The van der Waals surface area contributed by atoms with E-state index in [9.17, 15) is 4.79 Å². The molecule has 1 heterocycles. The Labute approximate surface area is 116 Å². The molecule has 1 rings (SSSR count). The van der Waals surface area contributed by atoms with Crippen LogP contribution in [0.3, 0.4) is 0 Å². The fraction of sp³-hybridized carbons (Fsp3) is 0.929. The fourth-order valence-electron chi connectivity index (χ4n) is 2.48. The minimum atomic E-state index is -0.750. The number of hydrogen-bond donors (Lipinski definition) is 2. The van der Waals surface area contributed by atoms with E-state index in [2.05, 4.69) is 24.1 Å². The molecule has 5 nitrogen and oxygen atoms in total. The van der Waals surface area contributed by atoms with Crippen LogP contribution >= 0.6 is 0 Å². The van der Waals surface area contributed by atoms with Crippen molar-refractivity contribution in [3.63, 3.8) is 0 Å². The maximum Gasteiger partial charge on any atom is 0.240 e. The first-order chi connectivity index (χ1) is 8.83. The Balaban J connectivity index is 2.58. The van der Waals surface area contributed by atoms with Crippen LogP contribution in [0.1, 0.15) is 33.1 Å². The average molecular weight is 271 g/mol. The van der Waals surface area contributed by atoms with Crippen molar-refractivity contribution >= 4 is 5.91 Å². The van der Waals surface area contributed by atoms with Crippen molar-refractivity contribution in [3.8, 4) is 0 Å². The fourth-order valence-corrected chi connectivity index (χ4v) is 2.48. The van der Waals surface area contributed by atoms with Gasteiger partial charge in [-0.1, -0.05) is 13.8 Å². The third kappa shape index (κ3) is 5.47. The lowest BCUT2D eigenvalue weighted by Gasteiger charge is -2.34. The first-order valence-electron chi connectivity index (χ1n) is 7.16. The van der Waals surface area contributed by atoms with Gasteiger partial charge in [0.25, 0.3) is 0 Å². The average Bonchev–Trinajstić information content (AvgIpc) is 2.27. The molecule has 0 saturated carbocycles. The molecule has 1 unspecified atom stereocenters. The summed E-state index contributed by atoms with van der Waals surface area (Å²) in [6.45, 7) is 6.33. The second-order valence-electron chi connectivity index (χ2n) is 6.33. The minimum absolute atomic E-state index is 0.0247. The monoisotopic (exact) mass is 271 g/mol. The van der Waals surface area contributed by atoms with Crippen molar-refractivity contribution in [2.75, 3.05) is 33.9 Å². The Morgan fingerprint density at radius 3 is 2.42 bits per heavy atom. The zero-order valence-corrected chi connectivity index (χ0v) is 12.7. The van der Waals surface area contributed by atoms with Gasteiger partial charge in [0, 0.05) is 25.8 Å². The molecule has 0 spiro atoms. The minimum Gasteiger partial charge on any atom is -0.381 e. The van der Waals surface area contributed by atoms with Gasteiger partial charge in [-0.05, 0) is 39.3 Å². The van der Waals surface area contributed by atoms with Crippen LogP contribution in [0.25, 0.3) is 0 Å². The van der Waals surface area contributed by atoms with Crippen LogP contribution in [0.4, 0.5) is 0 Å². The van der Waals surface area contributed by atoms with Gasteiger partial charge in [0.05, 0.1) is 5.54 Å². The summed E-state index contributed by atoms with van der Waals surface area (Å²) in [5, 5.41) is 3.13. The van der Waals surface area contributed by atoms with E-state index in [0.29, 0.717) is 32.0 Å². The molecule has 1 amide bonds. The van der Waals surface area contributed by atoms with Gasteiger partial charge in [0.2, 0.25) is 5.91 Å². The van der Waals surface area contributed by atoms with Crippen LogP contribution in [-0.4, -0.2) is 56.2 Å². The van der Waals surface area contributed by atoms with Crippen LogP contribution in [0.5, 0.6) is 0 Å². The number of nitrogens with two attached hydrogens (primary N) is 1. The highest BCUT2D eigenvalue weighted by molar-refractivity contribution is 5.86. The van der Waals surface area contributed by atoms with Crippen molar-refractivity contribution < 1.29 is 9.53 Å². The maximum absolute atomic E-state index is 12.4. The standard InChI is InChI=1S/C14H29N3O2/c1-11(2)9-12(10-17(3)4)16-13(18)14(15)5-7-19-8-6-14/h11-12H,5-10,15H2,1-4H3,(H,16,18). The van der Waals surface area contributed by atoms with Crippen molar-refractivity contribution in [3.05, 3.63) is 0 Å². The number of nitrogens with zero attached hydrogens (tertiary/aromatic N) is 1. The van der Waals surface area contributed by atoms with E-state index in [0.717, 1.165) is 13.0 Å². The Kier molecular flexibility index (Phi) is 6.23. The maximum atomic E-state index is 12.4. The largest absolute Gasteiger partial charge is 0.381 e. The molecule has 1 saturated heterocycles. The van der Waals surface area contributed by atoms with Gasteiger partial charge >= 0.3 is 0 Å². The summed E-state index contributed by atoms with van der Waals surface area (Å²) in [6.07, 6.45) is 2.18. The molecule has 1 atom stereocenters. The number of hydrogen-bond acceptors (Lipinski definition) is 4. The highest BCUT2D eigenvalue weighted by atomic mass is 16.5. The number of nitrogens with one attached hydrogen (secondary N) is 1. The van der Waals surface area contributed by atoms with Gasteiger partial charge in [-0.15, -0.1) is 0 Å². The van der Waals surface area contributed by atoms with Crippen LogP contribution in [-0.2, 0) is 9.53 Å². The number of amides is 1. The molecule has 0 aromatic carbocycles. The lowest BCUT2D eigenvalue weighted by molar-refractivity contribution is -0.130. The quantitative estimate of drug-likeness (QED) is 0.742. The molecule has 19 heavy (non-hydrogen) atoms. The van der Waals surface area contributed by atoms with E-state index < -0.39 is 5.54 Å². The smallest absolute Gasteiger partial charge is 0.240 e. The summed E-state index contributed by atoms with van der Waals surface area (Å²) in [5.74, 6) is 0.525. The van der Waals surface area contributed by atoms with Gasteiger partial charge in [-0.25, -0.2) is 0 Å². The van der Waals surface area contributed by atoms with Crippen LogP contribution in [0, 0.1) is 5.92 Å². The molecule has 0 aliphatic carbocycles. The number of carbonyl (C=O) groups excluding carboxylic acids is 1. The van der Waals surface area contributed by atoms with E-state index in [1.807, 2.05) is 14.1 Å². The first-order valence-corrected chi connectivity index (χ1v) is 7.16. The molecule has 112 valence electrons. The molecule has 0 radical (unpaired) electrons. The second-order valence-corrected chi connectivity index (χ2v) is 6.33. The molecule has 1 aliphatic rings. The SMILES string of the molecule is CC(C)CC(CN(C)C)NC(=O)C1(N)CCOCC1. The van der Waals surface area contributed by atoms with Gasteiger partial charge in [0.15, 0.2) is 0 Å². The summed E-state index contributed by atoms with van der Waals surface area (Å²) in [4.78, 5) is 14.5. The van der Waals surface area contributed by atoms with Crippen LogP contribution < -0.4 is 11.1 Å². The van der Waals surface area contributed by atoms with Gasteiger partial charge in [-0.2, -0.15) is 0 Å². The summed E-state index contributed by atoms with van der Waals surface area (Å²) in [7, 11) is 4.04. The highest BCUT2D eigenvalue weighted by Crippen LogP contribution is 2.18. The lowest BCUT2D eigenvalue weighted by atomic mass is 9.89.